The van der Waals surface area contributed by atoms with Gasteiger partial charge in [-0.3, -0.25) is 4.79 Å². The summed E-state index contributed by atoms with van der Waals surface area (Å²) >= 11 is 0. The van der Waals surface area contributed by atoms with Crippen LogP contribution in [0.5, 0.6) is 0 Å². The fraction of sp³-hybridized carbons (Fsp3) is 0.364. The zero-order valence-corrected chi connectivity index (χ0v) is 15.1. The standard InChI is InChI=1S/C22H23NO3/c1-14(2)23(18-9-10-18)21(24)16-8-11-19-17(12-16)13-20(26-22(19)25)15-6-4-3-5-7-15/h3-8,11-12,14,18,20H,9-10,13H2,1-2H3. The molecule has 1 unspecified atom stereocenters. The average molecular weight is 349 g/mol. The van der Waals surface area contributed by atoms with Gasteiger partial charge in [0.2, 0.25) is 0 Å². The van der Waals surface area contributed by atoms with Crippen molar-refractivity contribution in [3.63, 3.8) is 0 Å². The molecule has 1 aliphatic carbocycles. The molecule has 134 valence electrons. The number of carbonyl (C=O) groups excluding carboxylic acids is 2. The van der Waals surface area contributed by atoms with Crippen LogP contribution in [0.25, 0.3) is 0 Å². The summed E-state index contributed by atoms with van der Waals surface area (Å²) in [6.45, 7) is 4.11. The largest absolute Gasteiger partial charge is 0.454 e. The van der Waals surface area contributed by atoms with Gasteiger partial charge in [-0.1, -0.05) is 30.3 Å². The minimum Gasteiger partial charge on any atom is -0.454 e. The maximum Gasteiger partial charge on any atom is 0.339 e. The van der Waals surface area contributed by atoms with E-state index in [-0.39, 0.29) is 24.0 Å². The second-order valence-electron chi connectivity index (χ2n) is 7.42. The first-order valence-electron chi connectivity index (χ1n) is 9.26. The molecule has 1 amide bonds. The van der Waals surface area contributed by atoms with Crippen molar-refractivity contribution in [3.8, 4) is 0 Å². The number of ether oxygens (including phenoxy) is 1. The highest BCUT2D eigenvalue weighted by Gasteiger charge is 2.35. The Labute approximate surface area is 153 Å². The fourth-order valence-electron chi connectivity index (χ4n) is 3.71. The van der Waals surface area contributed by atoms with E-state index in [0.29, 0.717) is 23.6 Å². The average Bonchev–Trinajstić information content (AvgIpc) is 3.46. The SMILES string of the molecule is CC(C)N(C(=O)c1ccc2c(c1)CC(c1ccccc1)OC2=O)C1CC1. The highest BCUT2D eigenvalue weighted by molar-refractivity contribution is 5.98. The van der Waals surface area contributed by atoms with Crippen molar-refractivity contribution in [2.45, 2.75) is 51.3 Å². The monoisotopic (exact) mass is 349 g/mol. The molecule has 0 spiro atoms. The molecule has 1 heterocycles. The van der Waals surface area contributed by atoms with E-state index < -0.39 is 0 Å². The molecular weight excluding hydrogens is 326 g/mol. The molecular formula is C22H23NO3. The minimum absolute atomic E-state index is 0.0560. The maximum absolute atomic E-state index is 13.0. The third-order valence-electron chi connectivity index (χ3n) is 5.13. The van der Waals surface area contributed by atoms with Crippen LogP contribution in [0.15, 0.2) is 48.5 Å². The molecule has 2 aromatic rings. The summed E-state index contributed by atoms with van der Waals surface area (Å²) in [5, 5.41) is 0. The second kappa shape index (κ2) is 6.60. The molecule has 2 aliphatic rings. The zero-order chi connectivity index (χ0) is 18.3. The molecule has 1 atom stereocenters. The Morgan fingerprint density at radius 1 is 1.12 bits per heavy atom. The molecule has 2 aromatic carbocycles. The van der Waals surface area contributed by atoms with Gasteiger partial charge in [-0.2, -0.15) is 0 Å². The van der Waals surface area contributed by atoms with Crippen molar-refractivity contribution >= 4 is 11.9 Å². The number of rotatable bonds is 4. The first kappa shape index (κ1) is 16.8. The molecule has 4 heteroatoms. The molecule has 0 N–H and O–H groups in total. The van der Waals surface area contributed by atoms with Gasteiger partial charge in [-0.15, -0.1) is 0 Å². The van der Waals surface area contributed by atoms with Crippen LogP contribution in [0.1, 0.15) is 64.6 Å². The summed E-state index contributed by atoms with van der Waals surface area (Å²) in [7, 11) is 0. The normalized spacial score (nSPS) is 19.0. The lowest BCUT2D eigenvalue weighted by molar-refractivity contribution is 0.0252. The summed E-state index contributed by atoms with van der Waals surface area (Å²) < 4.78 is 5.60. The van der Waals surface area contributed by atoms with Crippen molar-refractivity contribution < 1.29 is 14.3 Å². The first-order chi connectivity index (χ1) is 12.5. The lowest BCUT2D eigenvalue weighted by atomic mass is 9.93. The molecule has 0 radical (unpaired) electrons. The lowest BCUT2D eigenvalue weighted by Gasteiger charge is -2.28. The van der Waals surface area contributed by atoms with Crippen LogP contribution >= 0.6 is 0 Å². The molecule has 26 heavy (non-hydrogen) atoms. The molecule has 1 aliphatic heterocycles. The third-order valence-corrected chi connectivity index (χ3v) is 5.13. The van der Waals surface area contributed by atoms with E-state index in [2.05, 4.69) is 13.8 Å². The number of amides is 1. The molecule has 4 rings (SSSR count). The Morgan fingerprint density at radius 3 is 2.50 bits per heavy atom. The van der Waals surface area contributed by atoms with Gasteiger partial charge in [-0.05, 0) is 56.0 Å². The molecule has 0 saturated heterocycles. The van der Waals surface area contributed by atoms with Crippen molar-refractivity contribution in [1.29, 1.82) is 0 Å². The maximum atomic E-state index is 13.0. The van der Waals surface area contributed by atoms with Gasteiger partial charge in [0.05, 0.1) is 5.56 Å². The van der Waals surface area contributed by atoms with Gasteiger partial charge in [-0.25, -0.2) is 4.79 Å². The van der Waals surface area contributed by atoms with E-state index in [0.717, 1.165) is 24.0 Å². The van der Waals surface area contributed by atoms with Crippen LogP contribution in [0.4, 0.5) is 0 Å². The van der Waals surface area contributed by atoms with Crippen molar-refractivity contribution in [3.05, 3.63) is 70.8 Å². The highest BCUT2D eigenvalue weighted by atomic mass is 16.5. The number of carbonyl (C=O) groups is 2. The number of cyclic esters (lactones) is 1. The van der Waals surface area contributed by atoms with E-state index in [1.807, 2.05) is 41.3 Å². The molecule has 0 bridgehead atoms. The van der Waals surface area contributed by atoms with Crippen LogP contribution in [0, 0.1) is 0 Å². The van der Waals surface area contributed by atoms with Gasteiger partial charge < -0.3 is 9.64 Å². The van der Waals surface area contributed by atoms with Crippen LogP contribution in [0.3, 0.4) is 0 Å². The quantitative estimate of drug-likeness (QED) is 0.779. The van der Waals surface area contributed by atoms with E-state index in [1.54, 1.807) is 12.1 Å². The second-order valence-corrected chi connectivity index (χ2v) is 7.42. The number of hydrogen-bond acceptors (Lipinski definition) is 3. The van der Waals surface area contributed by atoms with E-state index in [9.17, 15) is 9.59 Å². The number of benzene rings is 2. The lowest BCUT2D eigenvalue weighted by Crippen LogP contribution is -2.39. The highest BCUT2D eigenvalue weighted by Crippen LogP contribution is 2.33. The van der Waals surface area contributed by atoms with Crippen LogP contribution in [-0.2, 0) is 11.2 Å². The van der Waals surface area contributed by atoms with Crippen molar-refractivity contribution in [1.82, 2.24) is 4.90 Å². The van der Waals surface area contributed by atoms with Gasteiger partial charge in [0.25, 0.3) is 5.91 Å². The van der Waals surface area contributed by atoms with E-state index in [4.69, 9.17) is 4.74 Å². The predicted molar refractivity (Wildman–Crippen MR) is 99.1 cm³/mol. The van der Waals surface area contributed by atoms with E-state index >= 15 is 0 Å². The Hall–Kier alpha value is -2.62. The first-order valence-corrected chi connectivity index (χ1v) is 9.26. The number of nitrogens with zero attached hydrogens (tertiary/aromatic N) is 1. The molecule has 0 aromatic heterocycles. The molecule has 4 nitrogen and oxygen atoms in total. The van der Waals surface area contributed by atoms with E-state index in [1.165, 1.54) is 0 Å². The van der Waals surface area contributed by atoms with Gasteiger partial charge in [0.1, 0.15) is 6.10 Å². The number of hydrogen-bond donors (Lipinski definition) is 0. The topological polar surface area (TPSA) is 46.6 Å². The van der Waals surface area contributed by atoms with Gasteiger partial charge in [0, 0.05) is 24.1 Å². The smallest absolute Gasteiger partial charge is 0.339 e. The fourth-order valence-corrected chi connectivity index (χ4v) is 3.71. The summed E-state index contributed by atoms with van der Waals surface area (Å²) in [5.41, 5.74) is 3.09. The van der Waals surface area contributed by atoms with Gasteiger partial charge in [0.15, 0.2) is 0 Å². The van der Waals surface area contributed by atoms with Gasteiger partial charge >= 0.3 is 5.97 Å². The summed E-state index contributed by atoms with van der Waals surface area (Å²) in [4.78, 5) is 27.4. The van der Waals surface area contributed by atoms with Crippen molar-refractivity contribution in [2.75, 3.05) is 0 Å². The number of fused-ring (bicyclic) bond motifs is 1. The molecule has 1 saturated carbocycles. The Morgan fingerprint density at radius 2 is 1.85 bits per heavy atom. The zero-order valence-electron chi connectivity index (χ0n) is 15.1. The minimum atomic E-state index is -0.318. The number of esters is 1. The van der Waals surface area contributed by atoms with Crippen LogP contribution < -0.4 is 0 Å². The summed E-state index contributed by atoms with van der Waals surface area (Å²) in [6, 6.07) is 15.7. The molecule has 1 fully saturated rings. The summed E-state index contributed by atoms with van der Waals surface area (Å²) in [6.07, 6.45) is 2.46. The Kier molecular flexibility index (Phi) is 4.27. The predicted octanol–water partition coefficient (Wildman–Crippen LogP) is 4.15. The Balaban J connectivity index is 1.64. The summed E-state index contributed by atoms with van der Waals surface area (Å²) in [5.74, 6) is -0.262. The van der Waals surface area contributed by atoms with Crippen LogP contribution in [-0.4, -0.2) is 28.9 Å². The Bertz CT molecular complexity index is 838. The van der Waals surface area contributed by atoms with Crippen LogP contribution in [0.2, 0.25) is 0 Å². The third kappa shape index (κ3) is 3.12. The van der Waals surface area contributed by atoms with Crippen molar-refractivity contribution in [2.24, 2.45) is 0 Å².